The Bertz CT molecular complexity index is 688. The van der Waals surface area contributed by atoms with Crippen LogP contribution in [-0.4, -0.2) is 49.2 Å². The molecule has 0 aromatic carbocycles. The maximum atomic E-state index is 12.6. The molecule has 2 aromatic rings. The number of quaternary nitrogens is 1. The van der Waals surface area contributed by atoms with E-state index in [1.165, 1.54) is 4.88 Å². The van der Waals surface area contributed by atoms with Crippen molar-refractivity contribution in [1.29, 1.82) is 0 Å². The summed E-state index contributed by atoms with van der Waals surface area (Å²) in [6, 6.07) is 8.04. The second kappa shape index (κ2) is 10.3. The maximum absolute atomic E-state index is 12.6. The molecule has 1 saturated heterocycles. The van der Waals surface area contributed by atoms with Crippen LogP contribution in [-0.2, 0) is 22.6 Å². The number of amides is 2. The lowest BCUT2D eigenvalue weighted by Gasteiger charge is -2.31. The predicted octanol–water partition coefficient (Wildman–Crippen LogP) is 1.66. The molecule has 2 amide bonds. The molecule has 3 heterocycles. The Kier molecular flexibility index (Phi) is 7.50. The summed E-state index contributed by atoms with van der Waals surface area (Å²) in [5.74, 6) is 0.912. The molecule has 152 valence electrons. The van der Waals surface area contributed by atoms with E-state index in [-0.39, 0.29) is 18.0 Å². The lowest BCUT2D eigenvalue weighted by molar-refractivity contribution is -0.920. The van der Waals surface area contributed by atoms with Gasteiger partial charge in [-0.2, -0.15) is 0 Å². The zero-order valence-electron chi connectivity index (χ0n) is 16.2. The van der Waals surface area contributed by atoms with E-state index in [2.05, 4.69) is 16.8 Å². The molecule has 1 atom stereocenters. The zero-order valence-corrected chi connectivity index (χ0v) is 17.0. The van der Waals surface area contributed by atoms with Gasteiger partial charge >= 0.3 is 6.09 Å². The lowest BCUT2D eigenvalue weighted by atomic mass is 10.1. The first kappa shape index (κ1) is 20.4. The number of furan rings is 1. The van der Waals surface area contributed by atoms with E-state index < -0.39 is 0 Å². The second-order valence-corrected chi connectivity index (χ2v) is 8.00. The summed E-state index contributed by atoms with van der Waals surface area (Å²) < 4.78 is 10.5. The molecule has 2 N–H and O–H groups in total. The van der Waals surface area contributed by atoms with Crippen molar-refractivity contribution in [2.24, 2.45) is 0 Å². The Morgan fingerprint density at radius 3 is 2.75 bits per heavy atom. The van der Waals surface area contributed by atoms with Gasteiger partial charge in [0.2, 0.25) is 0 Å². The normalized spacial score (nSPS) is 16.0. The number of hydrogen-bond acceptors (Lipinski definition) is 5. The first-order chi connectivity index (χ1) is 13.6. The minimum Gasteiger partial charge on any atom is -0.463 e. The summed E-state index contributed by atoms with van der Waals surface area (Å²) >= 11 is 1.70. The Morgan fingerprint density at radius 1 is 1.29 bits per heavy atom. The average molecular weight is 407 g/mol. The highest BCUT2D eigenvalue weighted by molar-refractivity contribution is 7.09. The molecular formula is C20H28N3O4S+. The monoisotopic (exact) mass is 406 g/mol. The Morgan fingerprint density at radius 2 is 2.11 bits per heavy atom. The fourth-order valence-electron chi connectivity index (χ4n) is 3.43. The van der Waals surface area contributed by atoms with Gasteiger partial charge in [0.15, 0.2) is 12.3 Å². The van der Waals surface area contributed by atoms with Gasteiger partial charge in [-0.3, -0.25) is 4.79 Å². The van der Waals surface area contributed by atoms with E-state index in [1.54, 1.807) is 29.4 Å². The molecule has 1 unspecified atom stereocenters. The highest BCUT2D eigenvalue weighted by Crippen LogP contribution is 2.11. The Hall–Kier alpha value is -2.32. The van der Waals surface area contributed by atoms with Crippen LogP contribution in [0, 0.1) is 0 Å². The third-order valence-corrected chi connectivity index (χ3v) is 5.68. The molecule has 7 nitrogen and oxygen atoms in total. The van der Waals surface area contributed by atoms with Crippen molar-refractivity contribution < 1.29 is 23.6 Å². The van der Waals surface area contributed by atoms with Crippen LogP contribution in [0.1, 0.15) is 30.4 Å². The van der Waals surface area contributed by atoms with Gasteiger partial charge in [0.25, 0.3) is 5.91 Å². The van der Waals surface area contributed by atoms with Crippen LogP contribution in [0.5, 0.6) is 0 Å². The fraction of sp³-hybridized carbons (Fsp3) is 0.500. The second-order valence-electron chi connectivity index (χ2n) is 6.97. The first-order valence-electron chi connectivity index (χ1n) is 9.73. The van der Waals surface area contributed by atoms with Crippen molar-refractivity contribution in [3.05, 3.63) is 46.5 Å². The number of rotatable bonds is 8. The number of hydrogen-bond donors (Lipinski definition) is 2. The van der Waals surface area contributed by atoms with Crippen molar-refractivity contribution in [3.8, 4) is 0 Å². The summed E-state index contributed by atoms with van der Waals surface area (Å²) in [6.07, 6.45) is 2.90. The third-order valence-electron chi connectivity index (χ3n) is 4.81. The van der Waals surface area contributed by atoms with E-state index in [0.717, 1.165) is 30.0 Å². The molecule has 1 fully saturated rings. The minimum absolute atomic E-state index is 0.0349. The zero-order chi connectivity index (χ0) is 19.8. The molecule has 0 bridgehead atoms. The van der Waals surface area contributed by atoms with Crippen LogP contribution >= 0.6 is 11.3 Å². The molecule has 0 radical (unpaired) electrons. The van der Waals surface area contributed by atoms with E-state index in [0.29, 0.717) is 32.8 Å². The number of carbonyl (C=O) groups is 2. The van der Waals surface area contributed by atoms with Gasteiger partial charge in [-0.25, -0.2) is 4.79 Å². The van der Waals surface area contributed by atoms with Crippen LogP contribution in [0.25, 0.3) is 0 Å². The third kappa shape index (κ3) is 6.10. The summed E-state index contributed by atoms with van der Waals surface area (Å²) in [7, 11) is 0. The molecular weight excluding hydrogens is 378 g/mol. The Labute approximate surface area is 169 Å². The molecule has 1 aliphatic rings. The van der Waals surface area contributed by atoms with Crippen molar-refractivity contribution >= 4 is 23.3 Å². The van der Waals surface area contributed by atoms with E-state index in [9.17, 15) is 9.59 Å². The molecule has 3 rings (SSSR count). The van der Waals surface area contributed by atoms with Gasteiger partial charge in [0.1, 0.15) is 13.1 Å². The molecule has 2 aromatic heterocycles. The SMILES string of the molecule is CCOC(=O)N1CCC(NC(=O)C[NH+](Cc2ccco2)Cc2cccs2)CC1. The van der Waals surface area contributed by atoms with Crippen LogP contribution in [0.3, 0.4) is 0 Å². The molecule has 0 saturated carbocycles. The molecule has 0 spiro atoms. The van der Waals surface area contributed by atoms with E-state index >= 15 is 0 Å². The predicted molar refractivity (Wildman–Crippen MR) is 106 cm³/mol. The number of carbonyl (C=O) groups excluding carboxylic acids is 2. The van der Waals surface area contributed by atoms with Gasteiger partial charge in [-0.15, -0.1) is 11.3 Å². The maximum Gasteiger partial charge on any atom is 0.409 e. The number of nitrogens with zero attached hydrogens (tertiary/aromatic N) is 1. The summed E-state index contributed by atoms with van der Waals surface area (Å²) in [4.78, 5) is 28.5. The number of piperidine rings is 1. The number of nitrogens with one attached hydrogen (secondary N) is 2. The molecule has 8 heteroatoms. The van der Waals surface area contributed by atoms with Crippen LogP contribution in [0.15, 0.2) is 40.3 Å². The summed E-state index contributed by atoms with van der Waals surface area (Å²) in [5.41, 5.74) is 0. The van der Waals surface area contributed by atoms with Crippen LogP contribution in [0.2, 0.25) is 0 Å². The molecule has 1 aliphatic heterocycles. The van der Waals surface area contributed by atoms with E-state index in [1.807, 2.05) is 18.2 Å². The molecule has 28 heavy (non-hydrogen) atoms. The molecule has 0 aliphatic carbocycles. The van der Waals surface area contributed by atoms with Gasteiger partial charge in [-0.1, -0.05) is 6.07 Å². The summed E-state index contributed by atoms with van der Waals surface area (Å²) in [6.45, 7) is 5.25. The van der Waals surface area contributed by atoms with Crippen molar-refractivity contribution in [2.45, 2.75) is 38.9 Å². The first-order valence-corrected chi connectivity index (χ1v) is 10.6. The Balaban J connectivity index is 1.49. The van der Waals surface area contributed by atoms with E-state index in [4.69, 9.17) is 9.15 Å². The highest BCUT2D eigenvalue weighted by Gasteiger charge is 2.26. The average Bonchev–Trinajstić information content (AvgIpc) is 3.36. The number of thiophene rings is 1. The van der Waals surface area contributed by atoms with Crippen molar-refractivity contribution in [3.63, 3.8) is 0 Å². The van der Waals surface area contributed by atoms with Crippen LogP contribution < -0.4 is 10.2 Å². The topological polar surface area (TPSA) is 76.2 Å². The number of likely N-dealkylation sites (tertiary alicyclic amines) is 1. The van der Waals surface area contributed by atoms with Gasteiger partial charge < -0.3 is 24.3 Å². The fourth-order valence-corrected chi connectivity index (χ4v) is 4.21. The van der Waals surface area contributed by atoms with Gasteiger partial charge in [0.05, 0.1) is 17.7 Å². The van der Waals surface area contributed by atoms with Crippen molar-refractivity contribution in [1.82, 2.24) is 10.2 Å². The lowest BCUT2D eigenvalue weighted by Crippen LogP contribution is -3.10. The quantitative estimate of drug-likeness (QED) is 0.699. The van der Waals surface area contributed by atoms with Gasteiger partial charge in [-0.05, 0) is 43.3 Å². The number of ether oxygens (including phenoxy) is 1. The van der Waals surface area contributed by atoms with Crippen molar-refractivity contribution in [2.75, 3.05) is 26.2 Å². The minimum atomic E-state index is -0.266. The smallest absolute Gasteiger partial charge is 0.409 e. The highest BCUT2D eigenvalue weighted by atomic mass is 32.1. The standard InChI is InChI=1S/C20H27N3O4S/c1-2-26-20(25)23-9-7-16(8-10-23)21-19(24)15-22(13-17-5-3-11-27-17)14-18-6-4-12-28-18/h3-6,11-12,16H,2,7-10,13-15H2,1H3,(H,21,24)/p+1. The van der Waals surface area contributed by atoms with Crippen LogP contribution in [0.4, 0.5) is 4.79 Å². The summed E-state index contributed by atoms with van der Waals surface area (Å²) in [5, 5.41) is 5.19. The largest absolute Gasteiger partial charge is 0.463 e. The van der Waals surface area contributed by atoms with Gasteiger partial charge in [0, 0.05) is 19.1 Å².